The second-order valence-electron chi connectivity index (χ2n) is 15.0. The van der Waals surface area contributed by atoms with Gasteiger partial charge >= 0.3 is 0 Å². The number of nitrogens with zero attached hydrogens (tertiary/aromatic N) is 4. The predicted molar refractivity (Wildman–Crippen MR) is 189 cm³/mol. The molecule has 0 spiro atoms. The highest BCUT2D eigenvalue weighted by Gasteiger charge is 2.53. The number of benzene rings is 2. The van der Waals surface area contributed by atoms with Gasteiger partial charge in [0.05, 0.1) is 29.4 Å². The molecule has 0 bridgehead atoms. The highest BCUT2D eigenvalue weighted by atomic mass is 32.2. The molecule has 2 unspecified atom stereocenters. The van der Waals surface area contributed by atoms with Crippen molar-refractivity contribution >= 4 is 50.0 Å². The topological polar surface area (TPSA) is 224 Å². The molecule has 4 amide bonds. The van der Waals surface area contributed by atoms with Gasteiger partial charge in [-0.15, -0.1) is 5.10 Å². The number of hydrogen-bond donors (Lipinski definition) is 4. The van der Waals surface area contributed by atoms with E-state index in [1.54, 1.807) is 26.0 Å². The molecule has 0 radical (unpaired) electrons. The molecule has 2 aromatic carbocycles. The molecule has 15 nitrogen and oxygen atoms in total. The van der Waals surface area contributed by atoms with Crippen molar-refractivity contribution in [3.8, 4) is 0 Å². The molecule has 3 aliphatic rings. The molecule has 1 aromatic heterocycles. The molecule has 3 heterocycles. The fourth-order valence-electron chi connectivity index (χ4n) is 7.92. The van der Waals surface area contributed by atoms with Gasteiger partial charge in [-0.1, -0.05) is 67.6 Å². The second-order valence-corrected chi connectivity index (χ2v) is 17.1. The number of sulfone groups is 1. The summed E-state index contributed by atoms with van der Waals surface area (Å²) in [6.45, 7) is 3.02. The van der Waals surface area contributed by atoms with Crippen molar-refractivity contribution < 1.29 is 37.5 Å². The van der Waals surface area contributed by atoms with Gasteiger partial charge in [-0.3, -0.25) is 24.0 Å². The van der Waals surface area contributed by atoms with Crippen LogP contribution in [0.3, 0.4) is 0 Å². The Bertz CT molecular complexity index is 2000. The highest BCUT2D eigenvalue weighted by Crippen LogP contribution is 2.35. The standard InChI is InChI=1S/C36H45N7O8S/c1-35(2,49)29-19-38-41-43(29)26-18-28(33(47)40-36(30(44)31(37)45)14-15-52(50,51)21-36)42(20-26)34(48)27(16-22-8-4-3-5-9-22)39-32(46)25-13-12-23-10-6-7-11-24(23)17-25/h6-7,10-13,17,19,22,26-28,49H,3-5,8-9,14-16,18,20-21H2,1-2H3,(H2,37,45)(H,39,46)(H,40,47)/t26-,27?,28-,36?/m0/s1. The van der Waals surface area contributed by atoms with Gasteiger partial charge in [0.25, 0.3) is 11.8 Å². The fourth-order valence-corrected chi connectivity index (χ4v) is 9.83. The molecular weight excluding hydrogens is 691 g/mol. The van der Waals surface area contributed by atoms with Crippen molar-refractivity contribution in [1.82, 2.24) is 30.5 Å². The van der Waals surface area contributed by atoms with Crippen LogP contribution in [0.15, 0.2) is 48.7 Å². The van der Waals surface area contributed by atoms with Crippen LogP contribution in [0, 0.1) is 5.92 Å². The maximum Gasteiger partial charge on any atom is 0.287 e. The number of likely N-dealkylation sites (tertiary alicyclic amines) is 1. The number of rotatable bonds is 11. The van der Waals surface area contributed by atoms with E-state index in [-0.39, 0.29) is 25.3 Å². The van der Waals surface area contributed by atoms with Gasteiger partial charge in [0.1, 0.15) is 23.2 Å². The van der Waals surface area contributed by atoms with Gasteiger partial charge in [0.2, 0.25) is 17.6 Å². The predicted octanol–water partition coefficient (Wildman–Crippen LogP) is 1.30. The lowest BCUT2D eigenvalue weighted by Gasteiger charge is -2.33. The average molecular weight is 736 g/mol. The van der Waals surface area contributed by atoms with E-state index in [4.69, 9.17) is 5.73 Å². The van der Waals surface area contributed by atoms with Gasteiger partial charge < -0.3 is 26.4 Å². The lowest BCUT2D eigenvalue weighted by atomic mass is 9.84. The van der Waals surface area contributed by atoms with Crippen LogP contribution in [0.25, 0.3) is 10.8 Å². The molecule has 2 saturated heterocycles. The van der Waals surface area contributed by atoms with Crippen LogP contribution in [0.2, 0.25) is 0 Å². The second kappa shape index (κ2) is 14.4. The number of nitrogens with one attached hydrogen (secondary N) is 2. The van der Waals surface area contributed by atoms with Crippen molar-refractivity contribution in [3.63, 3.8) is 0 Å². The minimum atomic E-state index is -3.80. The summed E-state index contributed by atoms with van der Waals surface area (Å²) >= 11 is 0. The molecule has 2 aliphatic heterocycles. The summed E-state index contributed by atoms with van der Waals surface area (Å²) < 4.78 is 26.6. The monoisotopic (exact) mass is 735 g/mol. The first kappa shape index (κ1) is 37.1. The van der Waals surface area contributed by atoms with Crippen LogP contribution in [0.4, 0.5) is 0 Å². The number of amides is 4. The smallest absolute Gasteiger partial charge is 0.287 e. The third-order valence-electron chi connectivity index (χ3n) is 10.6. The quantitative estimate of drug-likeness (QED) is 0.207. The first-order valence-electron chi connectivity index (χ1n) is 17.7. The minimum Gasteiger partial charge on any atom is -0.384 e. The first-order chi connectivity index (χ1) is 24.6. The average Bonchev–Trinajstić information content (AvgIpc) is 3.85. The lowest BCUT2D eigenvalue weighted by Crippen LogP contribution is -2.63. The van der Waals surface area contributed by atoms with E-state index in [1.165, 1.54) is 15.8 Å². The minimum absolute atomic E-state index is 0.0492. The Balaban J connectivity index is 1.34. The number of aromatic nitrogens is 3. The SMILES string of the molecule is CC(C)(O)c1cnnn1[C@H]1C[C@@H](C(=O)NC2(C(=O)C(N)=O)CCS(=O)(=O)C2)N(C(=O)C(CC2CCCCC2)NC(=O)c2ccc3ccccc3c2)C1. The molecule has 6 rings (SSSR count). The molecule has 52 heavy (non-hydrogen) atoms. The highest BCUT2D eigenvalue weighted by molar-refractivity contribution is 7.91. The summed E-state index contributed by atoms with van der Waals surface area (Å²) in [5.74, 6) is -5.60. The molecule has 3 fully saturated rings. The van der Waals surface area contributed by atoms with Gasteiger partial charge in [0.15, 0.2) is 9.84 Å². The normalized spacial score (nSPS) is 24.0. The third kappa shape index (κ3) is 7.72. The molecule has 4 atom stereocenters. The molecule has 1 saturated carbocycles. The van der Waals surface area contributed by atoms with Crippen LogP contribution in [0.5, 0.6) is 0 Å². The van der Waals surface area contributed by atoms with Gasteiger partial charge in [-0.2, -0.15) is 0 Å². The maximum absolute atomic E-state index is 14.8. The third-order valence-corrected chi connectivity index (χ3v) is 12.4. The van der Waals surface area contributed by atoms with Crippen LogP contribution in [-0.2, 0) is 34.6 Å². The first-order valence-corrected chi connectivity index (χ1v) is 19.5. The van der Waals surface area contributed by atoms with Crippen LogP contribution < -0.4 is 16.4 Å². The Morgan fingerprint density at radius 3 is 2.42 bits per heavy atom. The molecule has 278 valence electrons. The van der Waals surface area contributed by atoms with Gasteiger partial charge in [0, 0.05) is 18.5 Å². The summed E-state index contributed by atoms with van der Waals surface area (Å²) in [7, 11) is -3.80. The van der Waals surface area contributed by atoms with Crippen LogP contribution in [-0.4, -0.2) is 98.5 Å². The zero-order chi connectivity index (χ0) is 37.4. The maximum atomic E-state index is 14.8. The molecule has 5 N–H and O–H groups in total. The summed E-state index contributed by atoms with van der Waals surface area (Å²) in [5.41, 5.74) is 2.53. The number of carbonyl (C=O) groups excluding carboxylic acids is 5. The summed E-state index contributed by atoms with van der Waals surface area (Å²) in [6, 6.07) is 9.88. The Hall–Kier alpha value is -4.70. The molecule has 3 aromatic rings. The number of aliphatic hydroxyl groups is 1. The Kier molecular flexibility index (Phi) is 10.2. The van der Waals surface area contributed by atoms with E-state index in [1.807, 2.05) is 30.3 Å². The number of ketones is 1. The number of nitrogens with two attached hydrogens (primary N) is 1. The zero-order valence-electron chi connectivity index (χ0n) is 29.3. The van der Waals surface area contributed by atoms with Crippen molar-refractivity contribution in [1.29, 1.82) is 0 Å². The number of hydrogen-bond acceptors (Lipinski definition) is 10. The number of Topliss-reactive ketones (excluding diaryl/α,β-unsaturated/α-hetero) is 1. The van der Waals surface area contributed by atoms with E-state index < -0.39 is 80.0 Å². The van der Waals surface area contributed by atoms with Crippen LogP contribution in [0.1, 0.15) is 87.3 Å². The van der Waals surface area contributed by atoms with Crippen molar-refractivity contribution in [2.24, 2.45) is 11.7 Å². The molecule has 16 heteroatoms. The van der Waals surface area contributed by atoms with Crippen molar-refractivity contribution in [2.75, 3.05) is 18.1 Å². The number of primary amides is 1. The van der Waals surface area contributed by atoms with Crippen molar-refractivity contribution in [3.05, 3.63) is 59.9 Å². The van der Waals surface area contributed by atoms with E-state index in [0.717, 1.165) is 42.9 Å². The summed E-state index contributed by atoms with van der Waals surface area (Å²) in [4.78, 5) is 69.3. The van der Waals surface area contributed by atoms with Gasteiger partial charge in [-0.25, -0.2) is 13.1 Å². The fraction of sp³-hybridized carbons (Fsp3) is 0.528. The van der Waals surface area contributed by atoms with E-state index in [2.05, 4.69) is 20.9 Å². The zero-order valence-corrected chi connectivity index (χ0v) is 30.1. The van der Waals surface area contributed by atoms with E-state index in [0.29, 0.717) is 17.7 Å². The molecule has 1 aliphatic carbocycles. The van der Waals surface area contributed by atoms with E-state index >= 15 is 0 Å². The number of carbonyl (C=O) groups is 5. The largest absolute Gasteiger partial charge is 0.384 e. The van der Waals surface area contributed by atoms with E-state index in [9.17, 15) is 37.5 Å². The molecular formula is C36H45N7O8S. The summed E-state index contributed by atoms with van der Waals surface area (Å²) in [6.07, 6.45) is 6.13. The Labute approximate surface area is 301 Å². The number of fused-ring (bicyclic) bond motifs is 1. The van der Waals surface area contributed by atoms with Crippen molar-refractivity contribution in [2.45, 2.75) is 94.5 Å². The lowest BCUT2D eigenvalue weighted by molar-refractivity contribution is -0.144. The summed E-state index contributed by atoms with van der Waals surface area (Å²) in [5, 5.41) is 26.3. The Morgan fingerprint density at radius 2 is 1.77 bits per heavy atom. The van der Waals surface area contributed by atoms with Gasteiger partial charge in [-0.05, 0) is 55.5 Å². The van der Waals surface area contributed by atoms with Crippen LogP contribution >= 0.6 is 0 Å². The Morgan fingerprint density at radius 1 is 1.06 bits per heavy atom.